The van der Waals surface area contributed by atoms with Crippen molar-refractivity contribution >= 4 is 11.8 Å². The minimum atomic E-state index is -0.348. The molecule has 1 fully saturated rings. The Morgan fingerprint density at radius 2 is 2.08 bits per heavy atom. The maximum atomic E-state index is 12.2. The number of hydrogen-bond donors (Lipinski definition) is 0. The SMILES string of the molecule is Cn1cc(-n2ccc(=O)c(Cc3cccc(N4CCOC4=O)c3)n2)cn1. The largest absolute Gasteiger partial charge is 0.447 e. The van der Waals surface area contributed by atoms with Gasteiger partial charge in [0.15, 0.2) is 0 Å². The summed E-state index contributed by atoms with van der Waals surface area (Å²) < 4.78 is 8.28. The van der Waals surface area contributed by atoms with Crippen LogP contribution in [0.2, 0.25) is 0 Å². The number of anilines is 1. The van der Waals surface area contributed by atoms with Crippen molar-refractivity contribution < 1.29 is 9.53 Å². The predicted molar refractivity (Wildman–Crippen MR) is 94.5 cm³/mol. The van der Waals surface area contributed by atoms with Gasteiger partial charge in [0.25, 0.3) is 0 Å². The Kier molecular flexibility index (Phi) is 4.00. The maximum Gasteiger partial charge on any atom is 0.414 e. The van der Waals surface area contributed by atoms with E-state index in [9.17, 15) is 9.59 Å². The molecule has 3 heterocycles. The Morgan fingerprint density at radius 1 is 1.19 bits per heavy atom. The van der Waals surface area contributed by atoms with Crippen molar-refractivity contribution in [1.29, 1.82) is 0 Å². The number of ether oxygens (including phenoxy) is 1. The molecule has 2 aromatic heterocycles. The van der Waals surface area contributed by atoms with Crippen molar-refractivity contribution in [1.82, 2.24) is 19.6 Å². The molecule has 1 aromatic carbocycles. The van der Waals surface area contributed by atoms with E-state index in [0.29, 0.717) is 25.3 Å². The summed E-state index contributed by atoms with van der Waals surface area (Å²) in [4.78, 5) is 25.5. The first-order valence-electron chi connectivity index (χ1n) is 8.21. The zero-order chi connectivity index (χ0) is 18.1. The smallest absolute Gasteiger partial charge is 0.414 e. The fourth-order valence-electron chi connectivity index (χ4n) is 2.90. The second-order valence-electron chi connectivity index (χ2n) is 6.06. The Labute approximate surface area is 149 Å². The average molecular weight is 351 g/mol. The number of hydrogen-bond acceptors (Lipinski definition) is 5. The van der Waals surface area contributed by atoms with Crippen LogP contribution in [0.15, 0.2) is 53.7 Å². The van der Waals surface area contributed by atoms with Gasteiger partial charge in [-0.3, -0.25) is 14.4 Å². The lowest BCUT2D eigenvalue weighted by atomic mass is 10.1. The van der Waals surface area contributed by atoms with Gasteiger partial charge in [0.1, 0.15) is 18.0 Å². The standard InChI is InChI=1S/C18H17N5O3/c1-21-12-15(11-19-21)23-6-5-17(24)16(20-23)10-13-3-2-4-14(9-13)22-7-8-26-18(22)25/h2-6,9,11-12H,7-8,10H2,1H3. The van der Waals surface area contributed by atoms with Gasteiger partial charge in [-0.25, -0.2) is 9.48 Å². The van der Waals surface area contributed by atoms with Gasteiger partial charge in [-0.1, -0.05) is 12.1 Å². The van der Waals surface area contributed by atoms with E-state index in [1.807, 2.05) is 37.5 Å². The molecule has 8 nitrogen and oxygen atoms in total. The van der Waals surface area contributed by atoms with Crippen LogP contribution in [0.5, 0.6) is 0 Å². The molecule has 8 heteroatoms. The molecule has 1 saturated heterocycles. The molecule has 0 radical (unpaired) electrons. The van der Waals surface area contributed by atoms with Crippen LogP contribution in [0.1, 0.15) is 11.3 Å². The number of carbonyl (C=O) groups is 1. The third-order valence-corrected chi connectivity index (χ3v) is 4.19. The normalized spacial score (nSPS) is 13.9. The zero-order valence-electron chi connectivity index (χ0n) is 14.2. The quantitative estimate of drug-likeness (QED) is 0.712. The predicted octanol–water partition coefficient (Wildman–Crippen LogP) is 1.51. The van der Waals surface area contributed by atoms with Gasteiger partial charge in [0, 0.05) is 31.4 Å². The molecule has 0 N–H and O–H groups in total. The van der Waals surface area contributed by atoms with Crippen LogP contribution in [0.3, 0.4) is 0 Å². The number of amides is 1. The van der Waals surface area contributed by atoms with Crippen LogP contribution in [0.4, 0.5) is 10.5 Å². The van der Waals surface area contributed by atoms with Gasteiger partial charge in [-0.15, -0.1) is 0 Å². The van der Waals surface area contributed by atoms with Gasteiger partial charge in [-0.05, 0) is 17.7 Å². The monoisotopic (exact) mass is 351 g/mol. The second-order valence-corrected chi connectivity index (χ2v) is 6.06. The summed E-state index contributed by atoms with van der Waals surface area (Å²) >= 11 is 0. The fraction of sp³-hybridized carbons (Fsp3) is 0.222. The number of cyclic esters (lactones) is 1. The lowest BCUT2D eigenvalue weighted by Gasteiger charge is -2.13. The third-order valence-electron chi connectivity index (χ3n) is 4.19. The Hall–Kier alpha value is -3.42. The molecule has 132 valence electrons. The molecule has 0 unspecified atom stereocenters. The Morgan fingerprint density at radius 3 is 2.81 bits per heavy atom. The van der Waals surface area contributed by atoms with Gasteiger partial charge in [0.05, 0.1) is 18.9 Å². The molecule has 1 aliphatic rings. The molecular formula is C18H17N5O3. The highest BCUT2D eigenvalue weighted by Crippen LogP contribution is 2.20. The Balaban J connectivity index is 1.63. The van der Waals surface area contributed by atoms with E-state index in [-0.39, 0.29) is 11.5 Å². The minimum absolute atomic E-state index is 0.129. The van der Waals surface area contributed by atoms with Crippen molar-refractivity contribution in [3.05, 3.63) is 70.4 Å². The summed E-state index contributed by atoms with van der Waals surface area (Å²) in [5, 5.41) is 8.56. The average Bonchev–Trinajstić information content (AvgIpc) is 3.25. The number of carbonyl (C=O) groups excluding carboxylic acids is 1. The summed E-state index contributed by atoms with van der Waals surface area (Å²) in [5.74, 6) is 0. The first-order valence-corrected chi connectivity index (χ1v) is 8.21. The summed E-state index contributed by atoms with van der Waals surface area (Å²) in [6, 6.07) is 9.00. The maximum absolute atomic E-state index is 12.2. The van der Waals surface area contributed by atoms with Gasteiger partial charge >= 0.3 is 6.09 Å². The minimum Gasteiger partial charge on any atom is -0.447 e. The first kappa shape index (κ1) is 16.1. The van der Waals surface area contributed by atoms with E-state index in [1.165, 1.54) is 6.07 Å². The topological polar surface area (TPSA) is 82.3 Å². The van der Waals surface area contributed by atoms with E-state index >= 15 is 0 Å². The number of benzene rings is 1. The molecule has 3 aromatic rings. The summed E-state index contributed by atoms with van der Waals surface area (Å²) in [6.45, 7) is 0.915. The third kappa shape index (κ3) is 3.08. The molecule has 0 spiro atoms. The molecule has 0 bridgehead atoms. The zero-order valence-corrected chi connectivity index (χ0v) is 14.2. The van der Waals surface area contributed by atoms with Crippen molar-refractivity contribution in [3.63, 3.8) is 0 Å². The summed E-state index contributed by atoms with van der Waals surface area (Å²) in [7, 11) is 1.82. The molecule has 0 saturated carbocycles. The van der Waals surface area contributed by atoms with Crippen LogP contribution in [-0.4, -0.2) is 38.8 Å². The van der Waals surface area contributed by atoms with E-state index in [1.54, 1.807) is 26.7 Å². The van der Waals surface area contributed by atoms with Crippen molar-refractivity contribution in [3.8, 4) is 5.69 Å². The van der Waals surface area contributed by atoms with Gasteiger partial charge < -0.3 is 4.74 Å². The van der Waals surface area contributed by atoms with E-state index in [4.69, 9.17) is 4.74 Å². The van der Waals surface area contributed by atoms with Gasteiger partial charge in [0.2, 0.25) is 5.43 Å². The van der Waals surface area contributed by atoms with Crippen LogP contribution < -0.4 is 10.3 Å². The molecule has 4 rings (SSSR count). The lowest BCUT2D eigenvalue weighted by molar-refractivity contribution is 0.181. The molecular weight excluding hydrogens is 334 g/mol. The molecule has 0 atom stereocenters. The highest BCUT2D eigenvalue weighted by Gasteiger charge is 2.23. The number of rotatable bonds is 4. The first-order chi connectivity index (χ1) is 12.6. The van der Waals surface area contributed by atoms with Crippen molar-refractivity contribution in [2.45, 2.75) is 6.42 Å². The molecule has 1 aliphatic heterocycles. The van der Waals surface area contributed by atoms with Gasteiger partial charge in [-0.2, -0.15) is 10.2 Å². The van der Waals surface area contributed by atoms with E-state index < -0.39 is 0 Å². The number of aromatic nitrogens is 4. The lowest BCUT2D eigenvalue weighted by Crippen LogP contribution is -2.23. The number of nitrogens with zero attached hydrogens (tertiary/aromatic N) is 5. The summed E-state index contributed by atoms with van der Waals surface area (Å²) in [6.07, 6.45) is 5.15. The number of aryl methyl sites for hydroxylation is 1. The van der Waals surface area contributed by atoms with Crippen LogP contribution in [0, 0.1) is 0 Å². The molecule has 0 aliphatic carbocycles. The highest BCUT2D eigenvalue weighted by molar-refractivity contribution is 5.89. The Bertz CT molecular complexity index is 1020. The highest BCUT2D eigenvalue weighted by atomic mass is 16.6. The van der Waals surface area contributed by atoms with Crippen LogP contribution >= 0.6 is 0 Å². The fourth-order valence-corrected chi connectivity index (χ4v) is 2.90. The van der Waals surface area contributed by atoms with Crippen LogP contribution in [-0.2, 0) is 18.2 Å². The van der Waals surface area contributed by atoms with Crippen molar-refractivity contribution in [2.24, 2.45) is 7.05 Å². The molecule has 26 heavy (non-hydrogen) atoms. The summed E-state index contributed by atoms with van der Waals surface area (Å²) in [5.41, 5.74) is 2.74. The van der Waals surface area contributed by atoms with E-state index in [0.717, 1.165) is 16.9 Å². The van der Waals surface area contributed by atoms with E-state index in [2.05, 4.69) is 10.2 Å². The van der Waals surface area contributed by atoms with Crippen molar-refractivity contribution in [2.75, 3.05) is 18.1 Å². The second kappa shape index (κ2) is 6.47. The molecule has 1 amide bonds. The van der Waals surface area contributed by atoms with Crippen LogP contribution in [0.25, 0.3) is 5.69 Å².